The number of amides is 2. The largest absolute Gasteiger partial charge is 0.454 e. The van der Waals surface area contributed by atoms with E-state index in [0.29, 0.717) is 5.56 Å². The summed E-state index contributed by atoms with van der Waals surface area (Å²) < 4.78 is 69.7. The number of hydrogen-bond acceptors (Lipinski definition) is 4. The molecule has 2 atom stereocenters. The highest BCUT2D eigenvalue weighted by molar-refractivity contribution is 5.97. The number of ether oxygens (including phenoxy) is 2. The fraction of sp³-hybridized carbons (Fsp3) is 0.273. The van der Waals surface area contributed by atoms with Crippen molar-refractivity contribution in [3.63, 3.8) is 0 Å². The van der Waals surface area contributed by atoms with Gasteiger partial charge >= 0.3 is 0 Å². The minimum Gasteiger partial charge on any atom is -0.454 e. The number of piperazine rings is 1. The van der Waals surface area contributed by atoms with Gasteiger partial charge in [-0.3, -0.25) is 9.59 Å². The summed E-state index contributed by atoms with van der Waals surface area (Å²) in [7, 11) is 1.50. The van der Waals surface area contributed by atoms with Crippen molar-refractivity contribution in [2.75, 3.05) is 20.4 Å². The topological polar surface area (TPSA) is 74.9 Å². The van der Waals surface area contributed by atoms with Gasteiger partial charge in [-0.05, 0) is 29.3 Å². The molecule has 1 saturated heterocycles. The predicted molar refractivity (Wildman–Crippen MR) is 105 cm³/mol. The zero-order valence-corrected chi connectivity index (χ0v) is 15.3. The van der Waals surface area contributed by atoms with Crippen molar-refractivity contribution in [1.82, 2.24) is 14.8 Å². The van der Waals surface area contributed by atoms with Crippen LogP contribution in [0.2, 0.25) is 0 Å². The molecule has 6 rings (SSSR count). The molecule has 1 unspecified atom stereocenters. The number of para-hydroxylation sites is 1. The molecule has 7 nitrogen and oxygen atoms in total. The Bertz CT molecular complexity index is 1540. The number of aromatic nitrogens is 1. The second kappa shape index (κ2) is 5.76. The lowest BCUT2D eigenvalue weighted by Crippen LogP contribution is -2.62. The molecule has 0 aliphatic carbocycles. The molecule has 0 radical (unpaired) electrons. The molecular formula is C22H19N3O4. The van der Waals surface area contributed by atoms with Crippen LogP contribution in [0.3, 0.4) is 0 Å². The van der Waals surface area contributed by atoms with Crippen molar-refractivity contribution < 1.29 is 28.7 Å². The Morgan fingerprint density at radius 2 is 1.97 bits per heavy atom. The number of hydrogen-bond donors (Lipinski definition) is 1. The van der Waals surface area contributed by atoms with Gasteiger partial charge < -0.3 is 24.3 Å². The van der Waals surface area contributed by atoms with Gasteiger partial charge in [-0.2, -0.15) is 0 Å². The highest BCUT2D eigenvalue weighted by atomic mass is 16.7. The van der Waals surface area contributed by atoms with E-state index in [9.17, 15) is 9.59 Å². The standard InChI is InChI=1S/C22H19N3O4/c1-24-10-19(26)25-16(22(24)27)9-14-13-4-2-3-5-15(13)23-20(14)21(25)12-6-7-17-18(8-12)29-11-28-17/h2-8,16,21,23H,9-11H2,1H3/t16-,21?/m1/s1/i2D,3D,4D,5D,6D,7D,8D. The second-order valence-electron chi connectivity index (χ2n) is 7.24. The van der Waals surface area contributed by atoms with Crippen molar-refractivity contribution in [3.05, 3.63) is 59.1 Å². The van der Waals surface area contributed by atoms with Crippen molar-refractivity contribution in [1.29, 1.82) is 0 Å². The smallest absolute Gasteiger partial charge is 0.245 e. The third kappa shape index (κ3) is 2.24. The van der Waals surface area contributed by atoms with Crippen molar-refractivity contribution in [3.8, 4) is 11.5 Å². The maximum atomic E-state index is 13.3. The first-order chi connectivity index (χ1) is 17.0. The molecule has 0 spiro atoms. The van der Waals surface area contributed by atoms with E-state index in [4.69, 9.17) is 19.1 Å². The lowest BCUT2D eigenvalue weighted by molar-refractivity contribution is -0.157. The number of benzene rings is 2. The molecule has 146 valence electrons. The summed E-state index contributed by atoms with van der Waals surface area (Å²) in [4.78, 5) is 32.2. The lowest BCUT2D eigenvalue weighted by Gasteiger charge is -2.46. The van der Waals surface area contributed by atoms with Crippen LogP contribution in [-0.4, -0.2) is 53.0 Å². The fourth-order valence-electron chi connectivity index (χ4n) is 4.34. The van der Waals surface area contributed by atoms with E-state index in [1.54, 1.807) is 0 Å². The number of nitrogens with one attached hydrogen (secondary N) is 1. The van der Waals surface area contributed by atoms with Crippen molar-refractivity contribution >= 4 is 22.7 Å². The highest BCUT2D eigenvalue weighted by Crippen LogP contribution is 2.44. The molecule has 3 aliphatic heterocycles. The summed E-state index contributed by atoms with van der Waals surface area (Å²) in [6.07, 6.45) is -0.0121. The van der Waals surface area contributed by atoms with Crippen LogP contribution in [0.5, 0.6) is 11.5 Å². The number of likely N-dealkylation sites (N-methyl/N-ethyl adjacent to an activating group) is 1. The number of fused-ring (bicyclic) bond motifs is 5. The molecule has 3 aromatic rings. The van der Waals surface area contributed by atoms with E-state index in [1.807, 2.05) is 0 Å². The number of carbonyl (C=O) groups excluding carboxylic acids is 2. The zero-order valence-electron chi connectivity index (χ0n) is 22.3. The molecule has 29 heavy (non-hydrogen) atoms. The third-order valence-electron chi connectivity index (χ3n) is 5.63. The number of carbonyl (C=O) groups is 2. The van der Waals surface area contributed by atoms with Gasteiger partial charge in [0.15, 0.2) is 11.5 Å². The van der Waals surface area contributed by atoms with Gasteiger partial charge in [0.25, 0.3) is 0 Å². The molecule has 2 amide bonds. The van der Waals surface area contributed by atoms with Crippen LogP contribution < -0.4 is 9.47 Å². The summed E-state index contributed by atoms with van der Waals surface area (Å²) in [5.74, 6) is -0.884. The Labute approximate surface area is 176 Å². The van der Waals surface area contributed by atoms with E-state index in [0.717, 1.165) is 0 Å². The Kier molecular flexibility index (Phi) is 2.17. The van der Waals surface area contributed by atoms with Gasteiger partial charge in [0.2, 0.25) is 18.6 Å². The van der Waals surface area contributed by atoms with E-state index in [-0.39, 0.29) is 89.5 Å². The molecule has 3 aliphatic rings. The molecule has 0 bridgehead atoms. The second-order valence-corrected chi connectivity index (χ2v) is 7.24. The Morgan fingerprint density at radius 1 is 1.14 bits per heavy atom. The molecule has 0 saturated carbocycles. The van der Waals surface area contributed by atoms with Crippen LogP contribution in [0, 0.1) is 0 Å². The number of aromatic amines is 1. The predicted octanol–water partition coefficient (Wildman–Crippen LogP) is 2.21. The first-order valence-electron chi connectivity index (χ1n) is 12.6. The van der Waals surface area contributed by atoms with E-state index in [1.165, 1.54) is 16.8 Å². The van der Waals surface area contributed by atoms with Gasteiger partial charge in [-0.25, -0.2) is 0 Å². The summed E-state index contributed by atoms with van der Waals surface area (Å²) in [5, 5.41) is 0.194. The maximum absolute atomic E-state index is 13.3. The zero-order chi connectivity index (χ0) is 25.8. The first kappa shape index (κ1) is 10.9. The highest BCUT2D eigenvalue weighted by Gasteiger charge is 2.47. The maximum Gasteiger partial charge on any atom is 0.245 e. The van der Waals surface area contributed by atoms with Crippen LogP contribution >= 0.6 is 0 Å². The van der Waals surface area contributed by atoms with Gasteiger partial charge in [-0.1, -0.05) is 24.2 Å². The van der Waals surface area contributed by atoms with Crippen molar-refractivity contribution in [2.45, 2.75) is 18.5 Å². The van der Waals surface area contributed by atoms with Crippen molar-refractivity contribution in [2.24, 2.45) is 0 Å². The first-order valence-corrected chi connectivity index (χ1v) is 9.10. The van der Waals surface area contributed by atoms with Gasteiger partial charge in [0.1, 0.15) is 6.04 Å². The molecule has 7 heteroatoms. The Hall–Kier alpha value is -3.48. The van der Waals surface area contributed by atoms with Gasteiger partial charge in [-0.15, -0.1) is 0 Å². The molecule has 1 aromatic heterocycles. The van der Waals surface area contributed by atoms with Crippen LogP contribution in [0.25, 0.3) is 10.9 Å². The SMILES string of the molecule is [2H]c1c([2H])c(C2c3[nH]c4c([2H])c([2H])c([2H])c([2H])c4c3C[C@@H]3C(=O)N(C)CC(=O)N23)c([2H])c2c1OCO2. The minimum atomic E-state index is -1.20. The van der Waals surface area contributed by atoms with Crippen LogP contribution in [0.4, 0.5) is 0 Å². The number of H-pyrrole nitrogens is 1. The molecular weight excluding hydrogens is 370 g/mol. The average Bonchev–Trinajstić information content (AvgIpc) is 3.49. The van der Waals surface area contributed by atoms with E-state index in [2.05, 4.69) is 4.98 Å². The summed E-state index contributed by atoms with van der Waals surface area (Å²) >= 11 is 0. The van der Waals surface area contributed by atoms with Crippen LogP contribution in [0.15, 0.2) is 42.3 Å². The van der Waals surface area contributed by atoms with Gasteiger partial charge in [0, 0.05) is 30.1 Å². The number of nitrogens with zero attached hydrogens (tertiary/aromatic N) is 2. The normalized spacial score (nSPS) is 26.2. The average molecular weight is 396 g/mol. The third-order valence-corrected chi connectivity index (χ3v) is 5.63. The van der Waals surface area contributed by atoms with Crippen LogP contribution in [-0.2, 0) is 16.0 Å². The fourth-order valence-corrected chi connectivity index (χ4v) is 4.34. The van der Waals surface area contributed by atoms with E-state index < -0.39 is 30.1 Å². The summed E-state index contributed by atoms with van der Waals surface area (Å²) in [6, 6.07) is -4.66. The number of rotatable bonds is 1. The molecule has 4 heterocycles. The quantitative estimate of drug-likeness (QED) is 0.684. The molecule has 2 aromatic carbocycles. The van der Waals surface area contributed by atoms with E-state index >= 15 is 0 Å². The lowest BCUT2D eigenvalue weighted by atomic mass is 9.86. The Balaban J connectivity index is 1.72. The summed E-state index contributed by atoms with van der Waals surface area (Å²) in [6.45, 7) is -0.447. The van der Waals surface area contributed by atoms with Gasteiger partial charge in [0.05, 0.1) is 22.2 Å². The van der Waals surface area contributed by atoms with Crippen LogP contribution in [0.1, 0.15) is 32.5 Å². The molecule has 1 fully saturated rings. The monoisotopic (exact) mass is 396 g/mol. The Morgan fingerprint density at radius 3 is 2.86 bits per heavy atom. The minimum absolute atomic E-state index is 0.0121. The molecule has 1 N–H and O–H groups in total. The summed E-state index contributed by atoms with van der Waals surface area (Å²) in [5.41, 5.74) is 0.735.